The first-order chi connectivity index (χ1) is 8.31. The van der Waals surface area contributed by atoms with E-state index in [-0.39, 0.29) is 0 Å². The zero-order valence-electron chi connectivity index (χ0n) is 11.3. The van der Waals surface area contributed by atoms with Crippen LogP contribution in [0.1, 0.15) is 39.5 Å². The molecule has 2 aliphatic heterocycles. The van der Waals surface area contributed by atoms with Gasteiger partial charge in [0.1, 0.15) is 0 Å². The standard InChI is InChI=1S/C14H27NO2/c1-3-14(13-6-9-17-10-13)15-11(2)12-4-7-16-8-5-12/h11-15H,3-10H2,1-2H3. The van der Waals surface area contributed by atoms with Crippen LogP contribution < -0.4 is 5.32 Å². The van der Waals surface area contributed by atoms with Crippen molar-refractivity contribution >= 4 is 0 Å². The molecule has 2 aliphatic rings. The molecular formula is C14H27NO2. The van der Waals surface area contributed by atoms with Gasteiger partial charge in [-0.25, -0.2) is 0 Å². The highest BCUT2D eigenvalue weighted by molar-refractivity contribution is 4.83. The lowest BCUT2D eigenvalue weighted by molar-refractivity contribution is 0.0526. The zero-order valence-corrected chi connectivity index (χ0v) is 11.3. The molecule has 3 heteroatoms. The molecule has 0 aromatic carbocycles. The number of hydrogen-bond donors (Lipinski definition) is 1. The molecule has 0 saturated carbocycles. The van der Waals surface area contributed by atoms with Gasteiger partial charge in [-0.3, -0.25) is 0 Å². The fourth-order valence-electron chi connectivity index (χ4n) is 3.15. The van der Waals surface area contributed by atoms with Gasteiger partial charge in [0.15, 0.2) is 0 Å². The van der Waals surface area contributed by atoms with Crippen LogP contribution in [0.2, 0.25) is 0 Å². The lowest BCUT2D eigenvalue weighted by atomic mass is 9.90. The minimum absolute atomic E-state index is 0.615. The van der Waals surface area contributed by atoms with Crippen LogP contribution in [0, 0.1) is 11.8 Å². The van der Waals surface area contributed by atoms with E-state index in [1.165, 1.54) is 25.7 Å². The molecule has 0 radical (unpaired) electrons. The van der Waals surface area contributed by atoms with Crippen molar-refractivity contribution in [3.8, 4) is 0 Å². The molecule has 2 heterocycles. The van der Waals surface area contributed by atoms with Gasteiger partial charge < -0.3 is 14.8 Å². The molecular weight excluding hydrogens is 214 g/mol. The van der Waals surface area contributed by atoms with Crippen LogP contribution in [0.25, 0.3) is 0 Å². The van der Waals surface area contributed by atoms with E-state index in [0.717, 1.165) is 38.3 Å². The summed E-state index contributed by atoms with van der Waals surface area (Å²) in [5.74, 6) is 1.52. The molecule has 3 nitrogen and oxygen atoms in total. The summed E-state index contributed by atoms with van der Waals surface area (Å²) in [6.45, 7) is 8.42. The molecule has 2 saturated heterocycles. The smallest absolute Gasteiger partial charge is 0.0510 e. The van der Waals surface area contributed by atoms with Crippen LogP contribution in [0.5, 0.6) is 0 Å². The topological polar surface area (TPSA) is 30.5 Å². The van der Waals surface area contributed by atoms with Crippen molar-refractivity contribution < 1.29 is 9.47 Å². The summed E-state index contributed by atoms with van der Waals surface area (Å²) in [5, 5.41) is 3.84. The Morgan fingerprint density at radius 1 is 1.06 bits per heavy atom. The van der Waals surface area contributed by atoms with Gasteiger partial charge in [0.25, 0.3) is 0 Å². The van der Waals surface area contributed by atoms with Gasteiger partial charge in [-0.1, -0.05) is 6.92 Å². The highest BCUT2D eigenvalue weighted by Crippen LogP contribution is 2.23. The molecule has 0 bridgehead atoms. The summed E-state index contributed by atoms with van der Waals surface area (Å²) >= 11 is 0. The highest BCUT2D eigenvalue weighted by atomic mass is 16.5. The maximum absolute atomic E-state index is 5.51. The van der Waals surface area contributed by atoms with Gasteiger partial charge in [-0.15, -0.1) is 0 Å². The normalized spacial score (nSPS) is 30.4. The Balaban J connectivity index is 1.79. The van der Waals surface area contributed by atoms with Crippen LogP contribution in [0.3, 0.4) is 0 Å². The molecule has 0 amide bonds. The van der Waals surface area contributed by atoms with Crippen molar-refractivity contribution in [1.29, 1.82) is 0 Å². The molecule has 2 fully saturated rings. The maximum Gasteiger partial charge on any atom is 0.0510 e. The molecule has 1 N–H and O–H groups in total. The monoisotopic (exact) mass is 241 g/mol. The second-order valence-electron chi connectivity index (χ2n) is 5.54. The van der Waals surface area contributed by atoms with Crippen molar-refractivity contribution in [2.75, 3.05) is 26.4 Å². The summed E-state index contributed by atoms with van der Waals surface area (Å²) in [7, 11) is 0. The Labute approximate surface area is 105 Å². The van der Waals surface area contributed by atoms with Crippen molar-refractivity contribution in [2.45, 2.75) is 51.6 Å². The fraction of sp³-hybridized carbons (Fsp3) is 1.00. The van der Waals surface area contributed by atoms with Crippen LogP contribution in [-0.4, -0.2) is 38.5 Å². The van der Waals surface area contributed by atoms with Crippen LogP contribution in [-0.2, 0) is 9.47 Å². The third-order valence-corrected chi connectivity index (χ3v) is 4.42. The molecule has 100 valence electrons. The van der Waals surface area contributed by atoms with Crippen molar-refractivity contribution in [2.24, 2.45) is 11.8 Å². The highest BCUT2D eigenvalue weighted by Gasteiger charge is 2.28. The van der Waals surface area contributed by atoms with E-state index in [1.807, 2.05) is 0 Å². The molecule has 0 aliphatic carbocycles. The molecule has 2 rings (SSSR count). The molecule has 0 aromatic heterocycles. The lowest BCUT2D eigenvalue weighted by Crippen LogP contribution is -2.46. The SMILES string of the molecule is CCC(NC(C)C1CCOCC1)C1CCOC1. The Morgan fingerprint density at radius 3 is 2.29 bits per heavy atom. The molecule has 3 atom stereocenters. The number of hydrogen-bond acceptors (Lipinski definition) is 3. The minimum Gasteiger partial charge on any atom is -0.381 e. The molecule has 3 unspecified atom stereocenters. The largest absolute Gasteiger partial charge is 0.381 e. The summed E-state index contributed by atoms with van der Waals surface area (Å²) in [4.78, 5) is 0. The van der Waals surface area contributed by atoms with E-state index >= 15 is 0 Å². The van der Waals surface area contributed by atoms with Crippen molar-refractivity contribution in [1.82, 2.24) is 5.32 Å². The van der Waals surface area contributed by atoms with Gasteiger partial charge >= 0.3 is 0 Å². The Morgan fingerprint density at radius 2 is 1.71 bits per heavy atom. The predicted molar refractivity (Wildman–Crippen MR) is 69.1 cm³/mol. The van der Waals surface area contributed by atoms with Gasteiger partial charge in [0.2, 0.25) is 0 Å². The third-order valence-electron chi connectivity index (χ3n) is 4.42. The zero-order chi connectivity index (χ0) is 12.1. The molecule has 0 aromatic rings. The first-order valence-electron chi connectivity index (χ1n) is 7.22. The number of ether oxygens (including phenoxy) is 2. The van der Waals surface area contributed by atoms with Gasteiger partial charge in [-0.2, -0.15) is 0 Å². The first kappa shape index (κ1) is 13.3. The fourth-order valence-corrected chi connectivity index (χ4v) is 3.15. The predicted octanol–water partition coefficient (Wildman–Crippen LogP) is 2.21. The second-order valence-corrected chi connectivity index (χ2v) is 5.54. The summed E-state index contributed by atoms with van der Waals surface area (Å²) in [6.07, 6.45) is 4.87. The van der Waals surface area contributed by atoms with E-state index in [9.17, 15) is 0 Å². The third kappa shape index (κ3) is 3.67. The quantitative estimate of drug-likeness (QED) is 0.800. The maximum atomic E-state index is 5.51. The van der Waals surface area contributed by atoms with Crippen molar-refractivity contribution in [3.63, 3.8) is 0 Å². The Hall–Kier alpha value is -0.120. The number of rotatable bonds is 5. The molecule has 0 spiro atoms. The van der Waals surface area contributed by atoms with E-state index in [0.29, 0.717) is 12.1 Å². The van der Waals surface area contributed by atoms with Crippen LogP contribution in [0.4, 0.5) is 0 Å². The van der Waals surface area contributed by atoms with Crippen LogP contribution >= 0.6 is 0 Å². The van der Waals surface area contributed by atoms with E-state index in [2.05, 4.69) is 19.2 Å². The first-order valence-corrected chi connectivity index (χ1v) is 7.22. The summed E-state index contributed by atoms with van der Waals surface area (Å²) < 4.78 is 10.9. The summed E-state index contributed by atoms with van der Waals surface area (Å²) in [6, 6.07) is 1.25. The average Bonchev–Trinajstić information content (AvgIpc) is 2.90. The van der Waals surface area contributed by atoms with Gasteiger partial charge in [0.05, 0.1) is 6.61 Å². The van der Waals surface area contributed by atoms with Gasteiger partial charge in [0, 0.05) is 31.9 Å². The van der Waals surface area contributed by atoms with Gasteiger partial charge in [-0.05, 0) is 44.4 Å². The van der Waals surface area contributed by atoms with Crippen LogP contribution in [0.15, 0.2) is 0 Å². The average molecular weight is 241 g/mol. The Bertz CT molecular complexity index is 210. The Kier molecular flexibility index (Phi) is 5.26. The minimum atomic E-state index is 0.615. The second kappa shape index (κ2) is 6.72. The van der Waals surface area contributed by atoms with Crippen molar-refractivity contribution in [3.05, 3.63) is 0 Å². The lowest BCUT2D eigenvalue weighted by Gasteiger charge is -2.33. The number of nitrogens with one attached hydrogen (secondary N) is 1. The van der Waals surface area contributed by atoms with E-state index < -0.39 is 0 Å². The molecule has 17 heavy (non-hydrogen) atoms. The van der Waals surface area contributed by atoms with E-state index in [1.54, 1.807) is 0 Å². The van der Waals surface area contributed by atoms with E-state index in [4.69, 9.17) is 9.47 Å². The summed E-state index contributed by atoms with van der Waals surface area (Å²) in [5.41, 5.74) is 0.